The van der Waals surface area contributed by atoms with E-state index in [0.29, 0.717) is 16.1 Å². The minimum Gasteiger partial charge on any atom is -0.369 e. The van der Waals surface area contributed by atoms with E-state index in [1.54, 1.807) is 0 Å². The molecule has 0 aliphatic heterocycles. The molecule has 33 heavy (non-hydrogen) atoms. The number of nitrogens with two attached hydrogens (primary N) is 1. The van der Waals surface area contributed by atoms with Crippen molar-refractivity contribution in [1.82, 2.24) is 19.7 Å². The van der Waals surface area contributed by atoms with Crippen LogP contribution in [0.1, 0.15) is 5.69 Å². The molecule has 8 nitrogen and oxygen atoms in total. The second-order valence-corrected chi connectivity index (χ2v) is 10.0. The summed E-state index contributed by atoms with van der Waals surface area (Å²) in [6, 6.07) is 19.6. The fourth-order valence-corrected chi connectivity index (χ4v) is 5.58. The van der Waals surface area contributed by atoms with Gasteiger partial charge in [0.25, 0.3) is 0 Å². The number of nitrogens with one attached hydrogen (secondary N) is 1. The highest BCUT2D eigenvalue weighted by Crippen LogP contribution is 2.32. The van der Waals surface area contributed by atoms with E-state index in [2.05, 4.69) is 20.5 Å². The number of thiazole rings is 1. The molecule has 2 aromatic carbocycles. The molecule has 0 fully saturated rings. The smallest absolute Gasteiger partial charge is 0.236 e. The molecule has 0 unspecified atom stereocenters. The molecule has 11 heteroatoms. The van der Waals surface area contributed by atoms with E-state index >= 15 is 0 Å². The zero-order valence-corrected chi connectivity index (χ0v) is 20.0. The normalized spacial score (nSPS) is 10.8. The number of hydrogen-bond donors (Lipinski definition) is 2. The molecule has 168 valence electrons. The number of benzene rings is 2. The number of carbonyl (C=O) groups excluding carboxylic acids is 2. The van der Waals surface area contributed by atoms with Crippen LogP contribution in [-0.4, -0.2) is 43.1 Å². The molecule has 3 N–H and O–H groups in total. The summed E-state index contributed by atoms with van der Waals surface area (Å²) in [7, 11) is 0. The lowest BCUT2D eigenvalue weighted by Crippen LogP contribution is -2.14. The number of primary amides is 1. The highest BCUT2D eigenvalue weighted by atomic mass is 32.2. The lowest BCUT2D eigenvalue weighted by molar-refractivity contribution is -0.115. The summed E-state index contributed by atoms with van der Waals surface area (Å²) in [4.78, 5) is 28.0. The quantitative estimate of drug-likeness (QED) is 0.336. The summed E-state index contributed by atoms with van der Waals surface area (Å²) in [5.41, 5.74) is 7.81. The molecule has 0 atom stereocenters. The molecule has 2 amide bonds. The number of anilines is 1. The van der Waals surface area contributed by atoms with Gasteiger partial charge in [-0.25, -0.2) is 4.98 Å². The van der Waals surface area contributed by atoms with Gasteiger partial charge in [0, 0.05) is 11.3 Å². The molecule has 0 spiro atoms. The summed E-state index contributed by atoms with van der Waals surface area (Å²) in [6.07, 6.45) is 0. The fourth-order valence-electron chi connectivity index (χ4n) is 2.94. The summed E-state index contributed by atoms with van der Waals surface area (Å²) < 4.78 is 2.80. The van der Waals surface area contributed by atoms with Gasteiger partial charge in [0.15, 0.2) is 16.1 Å². The zero-order chi connectivity index (χ0) is 23.2. The summed E-state index contributed by atoms with van der Waals surface area (Å²) in [5, 5.41) is 12.6. The van der Waals surface area contributed by atoms with Gasteiger partial charge in [-0.3, -0.25) is 14.2 Å². The molecule has 0 saturated carbocycles. The first kappa shape index (κ1) is 23.0. The summed E-state index contributed by atoms with van der Waals surface area (Å²) in [6.45, 7) is 1.83. The van der Waals surface area contributed by atoms with Crippen LogP contribution in [0.4, 0.5) is 5.13 Å². The molecule has 0 aliphatic rings. The first-order valence-corrected chi connectivity index (χ1v) is 12.7. The SMILES string of the molecule is Cc1nc(NC(=O)CSc2nnc(-c3ccccc3)n2-c2ccccc2)sc1SCC(N)=O. The Labute approximate surface area is 203 Å². The molecule has 4 rings (SSSR count). The zero-order valence-electron chi connectivity index (χ0n) is 17.6. The van der Waals surface area contributed by atoms with E-state index in [9.17, 15) is 9.59 Å². The second-order valence-electron chi connectivity index (χ2n) is 6.83. The van der Waals surface area contributed by atoms with E-state index in [1.807, 2.05) is 72.2 Å². The van der Waals surface area contributed by atoms with Crippen molar-refractivity contribution in [2.24, 2.45) is 5.73 Å². The lowest BCUT2D eigenvalue weighted by Gasteiger charge is -2.10. The standard InChI is InChI=1S/C22H20N6O2S3/c1-14-20(31-12-17(23)29)33-21(24-14)25-18(30)13-32-22-27-26-19(15-8-4-2-5-9-15)28(22)16-10-6-3-7-11-16/h2-11H,12-13H2,1H3,(H2,23,29)(H,24,25,30). The Morgan fingerprint density at radius 1 is 1.00 bits per heavy atom. The van der Waals surface area contributed by atoms with Gasteiger partial charge >= 0.3 is 0 Å². The number of rotatable bonds is 9. The highest BCUT2D eigenvalue weighted by molar-refractivity contribution is 8.01. The van der Waals surface area contributed by atoms with Gasteiger partial charge in [0.2, 0.25) is 11.8 Å². The van der Waals surface area contributed by atoms with Gasteiger partial charge in [0.05, 0.1) is 21.4 Å². The van der Waals surface area contributed by atoms with Crippen molar-refractivity contribution in [3.05, 3.63) is 66.4 Å². The molecule has 2 heterocycles. The van der Waals surface area contributed by atoms with Crippen molar-refractivity contribution < 1.29 is 9.59 Å². The van der Waals surface area contributed by atoms with Crippen molar-refractivity contribution in [2.75, 3.05) is 16.8 Å². The van der Waals surface area contributed by atoms with Gasteiger partial charge in [-0.1, -0.05) is 71.6 Å². The number of aryl methyl sites for hydroxylation is 1. The average molecular weight is 497 g/mol. The third-order valence-electron chi connectivity index (χ3n) is 4.36. The molecule has 0 aliphatic carbocycles. The number of aromatic nitrogens is 4. The molecular formula is C22H20N6O2S3. The number of para-hydroxylation sites is 1. The minimum atomic E-state index is -0.396. The van der Waals surface area contributed by atoms with Crippen molar-refractivity contribution >= 4 is 51.8 Å². The fraction of sp³-hybridized carbons (Fsp3) is 0.136. The maximum absolute atomic E-state index is 12.6. The van der Waals surface area contributed by atoms with Crippen LogP contribution < -0.4 is 11.1 Å². The Morgan fingerprint density at radius 3 is 2.39 bits per heavy atom. The Balaban J connectivity index is 1.48. The van der Waals surface area contributed by atoms with Crippen LogP contribution in [-0.2, 0) is 9.59 Å². The number of hydrogen-bond acceptors (Lipinski definition) is 8. The largest absolute Gasteiger partial charge is 0.369 e. The van der Waals surface area contributed by atoms with Crippen LogP contribution in [0.3, 0.4) is 0 Å². The Hall–Kier alpha value is -3.15. The van der Waals surface area contributed by atoms with Gasteiger partial charge in [-0.15, -0.1) is 22.0 Å². The highest BCUT2D eigenvalue weighted by Gasteiger charge is 2.18. The van der Waals surface area contributed by atoms with Crippen LogP contribution in [0, 0.1) is 6.92 Å². The molecular weight excluding hydrogens is 476 g/mol. The van der Waals surface area contributed by atoms with Crippen LogP contribution in [0.15, 0.2) is 70.0 Å². The number of amides is 2. The van der Waals surface area contributed by atoms with Crippen LogP contribution in [0.25, 0.3) is 17.1 Å². The molecule has 4 aromatic rings. The summed E-state index contributed by atoms with van der Waals surface area (Å²) >= 11 is 3.94. The van der Waals surface area contributed by atoms with Crippen LogP contribution >= 0.6 is 34.9 Å². The van der Waals surface area contributed by atoms with E-state index in [1.165, 1.54) is 34.9 Å². The van der Waals surface area contributed by atoms with Gasteiger partial charge in [-0.05, 0) is 19.1 Å². The average Bonchev–Trinajstić information content (AvgIpc) is 3.40. The maximum atomic E-state index is 12.6. The molecule has 0 saturated heterocycles. The first-order valence-electron chi connectivity index (χ1n) is 9.88. The molecule has 0 radical (unpaired) electrons. The molecule has 0 bridgehead atoms. The van der Waals surface area contributed by atoms with Crippen molar-refractivity contribution in [3.8, 4) is 17.1 Å². The van der Waals surface area contributed by atoms with E-state index in [-0.39, 0.29) is 17.4 Å². The monoisotopic (exact) mass is 496 g/mol. The predicted octanol–water partition coefficient (Wildman–Crippen LogP) is 4.01. The second kappa shape index (κ2) is 10.6. The Morgan fingerprint density at radius 2 is 1.70 bits per heavy atom. The Bertz CT molecular complexity index is 1260. The minimum absolute atomic E-state index is 0.141. The van der Waals surface area contributed by atoms with Crippen molar-refractivity contribution in [2.45, 2.75) is 16.3 Å². The van der Waals surface area contributed by atoms with E-state index in [0.717, 1.165) is 21.2 Å². The third kappa shape index (κ3) is 5.81. The van der Waals surface area contributed by atoms with Gasteiger partial charge in [-0.2, -0.15) is 0 Å². The van der Waals surface area contributed by atoms with E-state index in [4.69, 9.17) is 5.73 Å². The number of carbonyl (C=O) groups is 2. The van der Waals surface area contributed by atoms with Gasteiger partial charge in [0.1, 0.15) is 0 Å². The first-order chi connectivity index (χ1) is 16.0. The predicted molar refractivity (Wildman–Crippen MR) is 133 cm³/mol. The topological polar surface area (TPSA) is 116 Å². The number of thioether (sulfide) groups is 2. The third-order valence-corrected chi connectivity index (χ3v) is 7.74. The van der Waals surface area contributed by atoms with Gasteiger partial charge < -0.3 is 11.1 Å². The van der Waals surface area contributed by atoms with Crippen LogP contribution in [0.2, 0.25) is 0 Å². The van der Waals surface area contributed by atoms with E-state index < -0.39 is 5.91 Å². The Kier molecular flexibility index (Phi) is 7.43. The van der Waals surface area contributed by atoms with Crippen molar-refractivity contribution in [1.29, 1.82) is 0 Å². The summed E-state index contributed by atoms with van der Waals surface area (Å²) in [5.74, 6) is 0.417. The van der Waals surface area contributed by atoms with Crippen molar-refractivity contribution in [3.63, 3.8) is 0 Å². The maximum Gasteiger partial charge on any atom is 0.236 e. The lowest BCUT2D eigenvalue weighted by atomic mass is 10.2. The number of nitrogens with zero attached hydrogens (tertiary/aromatic N) is 4. The molecule has 2 aromatic heterocycles. The van der Waals surface area contributed by atoms with Crippen LogP contribution in [0.5, 0.6) is 0 Å².